The number of phenolic OH excluding ortho intramolecular Hbond substituents is 1. The Morgan fingerprint density at radius 1 is 1.15 bits per heavy atom. The summed E-state index contributed by atoms with van der Waals surface area (Å²) in [4.78, 5) is 18.6. The first-order valence-corrected chi connectivity index (χ1v) is 9.50. The standard InChI is InChI=1S/C22H27N3O2/c1-3-7-17-15-20-18(19(8-4-2)22(17)27)9-10-21(26)25(20)13-6-5-12-24-14-11-23-16-24/h3-4,11,14-16,27H,1-2,5-10,12-13H2. The lowest BCUT2D eigenvalue weighted by atomic mass is 9.90. The molecule has 1 aromatic heterocycles. The Bertz CT molecular complexity index is 825. The molecule has 3 rings (SSSR count). The van der Waals surface area contributed by atoms with Crippen LogP contribution in [0.4, 0.5) is 5.69 Å². The molecule has 2 aromatic rings. The smallest absolute Gasteiger partial charge is 0.227 e. The number of benzene rings is 1. The van der Waals surface area contributed by atoms with Gasteiger partial charge in [-0.3, -0.25) is 4.79 Å². The van der Waals surface area contributed by atoms with Gasteiger partial charge in [0, 0.05) is 43.2 Å². The third-order valence-corrected chi connectivity index (χ3v) is 5.08. The van der Waals surface area contributed by atoms with E-state index in [0.717, 1.165) is 41.8 Å². The minimum atomic E-state index is 0.157. The van der Waals surface area contributed by atoms with Crippen LogP contribution in [0.5, 0.6) is 5.75 Å². The maximum atomic E-state index is 12.6. The highest BCUT2D eigenvalue weighted by molar-refractivity contribution is 5.97. The molecule has 0 atom stereocenters. The van der Waals surface area contributed by atoms with Crippen molar-refractivity contribution in [3.8, 4) is 5.75 Å². The van der Waals surface area contributed by atoms with Crippen LogP contribution in [0.3, 0.4) is 0 Å². The van der Waals surface area contributed by atoms with E-state index < -0.39 is 0 Å². The molecule has 1 amide bonds. The van der Waals surface area contributed by atoms with Gasteiger partial charge >= 0.3 is 0 Å². The number of carbonyl (C=O) groups is 1. The monoisotopic (exact) mass is 365 g/mol. The largest absolute Gasteiger partial charge is 0.507 e. The fraction of sp³-hybridized carbons (Fsp3) is 0.364. The van der Waals surface area contributed by atoms with E-state index in [1.807, 2.05) is 28.1 Å². The van der Waals surface area contributed by atoms with Gasteiger partial charge in [0.1, 0.15) is 5.75 Å². The molecule has 1 aromatic carbocycles. The number of rotatable bonds is 9. The van der Waals surface area contributed by atoms with Crippen LogP contribution in [0, 0.1) is 0 Å². The summed E-state index contributed by atoms with van der Waals surface area (Å²) >= 11 is 0. The molecule has 1 aliphatic rings. The number of aryl methyl sites for hydroxylation is 1. The summed E-state index contributed by atoms with van der Waals surface area (Å²) in [5, 5.41) is 10.7. The van der Waals surface area contributed by atoms with Crippen molar-refractivity contribution in [3.63, 3.8) is 0 Å². The molecule has 5 nitrogen and oxygen atoms in total. The molecule has 142 valence electrons. The molecule has 0 saturated heterocycles. The molecule has 0 unspecified atom stereocenters. The highest BCUT2D eigenvalue weighted by Gasteiger charge is 2.28. The van der Waals surface area contributed by atoms with Gasteiger partial charge in [0.05, 0.1) is 6.33 Å². The number of aromatic hydroxyl groups is 1. The topological polar surface area (TPSA) is 58.4 Å². The maximum Gasteiger partial charge on any atom is 0.227 e. The van der Waals surface area contributed by atoms with E-state index in [1.165, 1.54) is 0 Å². The van der Waals surface area contributed by atoms with Crippen LogP contribution in [0.15, 0.2) is 50.1 Å². The highest BCUT2D eigenvalue weighted by Crippen LogP contribution is 2.39. The van der Waals surface area contributed by atoms with Crippen LogP contribution >= 0.6 is 0 Å². The summed E-state index contributed by atoms with van der Waals surface area (Å²) in [6.45, 7) is 9.19. The summed E-state index contributed by atoms with van der Waals surface area (Å²) in [6.07, 6.45) is 13.3. The minimum Gasteiger partial charge on any atom is -0.507 e. The number of allylic oxidation sites excluding steroid dienone is 2. The summed E-state index contributed by atoms with van der Waals surface area (Å²) in [5.74, 6) is 0.480. The van der Waals surface area contributed by atoms with Gasteiger partial charge in [-0.05, 0) is 49.3 Å². The number of carbonyl (C=O) groups excluding carboxylic acids is 1. The average Bonchev–Trinajstić information content (AvgIpc) is 3.17. The molecule has 1 N–H and O–H groups in total. The fourth-order valence-electron chi connectivity index (χ4n) is 3.74. The number of fused-ring (bicyclic) bond motifs is 1. The second-order valence-electron chi connectivity index (χ2n) is 6.90. The van der Waals surface area contributed by atoms with Gasteiger partial charge < -0.3 is 14.6 Å². The van der Waals surface area contributed by atoms with Gasteiger partial charge in [0.25, 0.3) is 0 Å². The van der Waals surface area contributed by atoms with E-state index in [4.69, 9.17) is 0 Å². The summed E-state index contributed by atoms with van der Waals surface area (Å²) in [6, 6.07) is 1.96. The molecule has 0 aliphatic carbocycles. The first kappa shape index (κ1) is 19.0. The van der Waals surface area contributed by atoms with Crippen molar-refractivity contribution in [1.82, 2.24) is 9.55 Å². The van der Waals surface area contributed by atoms with Crippen molar-refractivity contribution in [1.29, 1.82) is 0 Å². The number of imidazole rings is 1. The van der Waals surface area contributed by atoms with Crippen LogP contribution < -0.4 is 4.90 Å². The highest BCUT2D eigenvalue weighted by atomic mass is 16.3. The zero-order valence-corrected chi connectivity index (χ0v) is 15.7. The van der Waals surface area contributed by atoms with E-state index >= 15 is 0 Å². The second-order valence-corrected chi connectivity index (χ2v) is 6.90. The third-order valence-electron chi connectivity index (χ3n) is 5.08. The molecule has 0 fully saturated rings. The Kier molecular flexibility index (Phi) is 6.12. The van der Waals surface area contributed by atoms with Gasteiger partial charge in [-0.15, -0.1) is 13.2 Å². The van der Waals surface area contributed by atoms with Crippen LogP contribution in [0.1, 0.15) is 36.0 Å². The normalized spacial score (nSPS) is 13.5. The van der Waals surface area contributed by atoms with Gasteiger partial charge in [-0.2, -0.15) is 0 Å². The lowest BCUT2D eigenvalue weighted by Crippen LogP contribution is -2.36. The van der Waals surface area contributed by atoms with Crippen molar-refractivity contribution in [2.75, 3.05) is 11.4 Å². The SMILES string of the molecule is C=CCc1cc2c(c(CC=C)c1O)CCC(=O)N2CCCCn1ccnc1. The molecular weight excluding hydrogens is 338 g/mol. The van der Waals surface area contributed by atoms with Crippen LogP contribution in [0.25, 0.3) is 0 Å². The molecule has 1 aliphatic heterocycles. The molecule has 0 radical (unpaired) electrons. The van der Waals surface area contributed by atoms with Crippen LogP contribution in [-0.4, -0.2) is 27.1 Å². The second kappa shape index (κ2) is 8.71. The average molecular weight is 365 g/mol. The van der Waals surface area contributed by atoms with E-state index in [9.17, 15) is 9.90 Å². The first-order chi connectivity index (χ1) is 13.2. The maximum absolute atomic E-state index is 12.6. The molecule has 5 heteroatoms. The number of hydrogen-bond acceptors (Lipinski definition) is 3. The quantitative estimate of drug-likeness (QED) is 0.543. The lowest BCUT2D eigenvalue weighted by Gasteiger charge is -2.32. The van der Waals surface area contributed by atoms with Crippen LogP contribution in [0.2, 0.25) is 0 Å². The van der Waals surface area contributed by atoms with Gasteiger partial charge in [0.15, 0.2) is 0 Å². The zero-order chi connectivity index (χ0) is 19.2. The number of phenols is 1. The number of unbranched alkanes of at least 4 members (excludes halogenated alkanes) is 1. The molecule has 2 heterocycles. The molecular formula is C22H27N3O2. The van der Waals surface area contributed by atoms with Crippen LogP contribution in [-0.2, 0) is 30.6 Å². The van der Waals surface area contributed by atoms with Crippen molar-refractivity contribution < 1.29 is 9.90 Å². The van der Waals surface area contributed by atoms with Gasteiger partial charge in [0.2, 0.25) is 5.91 Å². The number of aromatic nitrogens is 2. The zero-order valence-electron chi connectivity index (χ0n) is 15.7. The summed E-state index contributed by atoms with van der Waals surface area (Å²) in [5.41, 5.74) is 3.74. The van der Waals surface area contributed by atoms with Crippen molar-refractivity contribution in [2.45, 2.75) is 45.1 Å². The predicted molar refractivity (Wildman–Crippen MR) is 108 cm³/mol. The molecule has 0 spiro atoms. The van der Waals surface area contributed by atoms with E-state index in [2.05, 4.69) is 18.1 Å². The third kappa shape index (κ3) is 4.13. The van der Waals surface area contributed by atoms with E-state index in [1.54, 1.807) is 18.3 Å². The Labute approximate surface area is 160 Å². The van der Waals surface area contributed by atoms with Crippen molar-refractivity contribution in [3.05, 3.63) is 66.8 Å². The Morgan fingerprint density at radius 3 is 2.63 bits per heavy atom. The molecule has 27 heavy (non-hydrogen) atoms. The lowest BCUT2D eigenvalue weighted by molar-refractivity contribution is -0.118. The Balaban J connectivity index is 1.82. The Morgan fingerprint density at radius 2 is 1.93 bits per heavy atom. The number of amides is 1. The Hall–Kier alpha value is -2.82. The first-order valence-electron chi connectivity index (χ1n) is 9.50. The summed E-state index contributed by atoms with van der Waals surface area (Å²) in [7, 11) is 0. The summed E-state index contributed by atoms with van der Waals surface area (Å²) < 4.78 is 2.05. The number of nitrogens with zero attached hydrogens (tertiary/aromatic N) is 3. The molecule has 0 bridgehead atoms. The number of hydrogen-bond donors (Lipinski definition) is 1. The van der Waals surface area contributed by atoms with Crippen molar-refractivity contribution in [2.24, 2.45) is 0 Å². The minimum absolute atomic E-state index is 0.157. The number of anilines is 1. The fourth-order valence-corrected chi connectivity index (χ4v) is 3.74. The van der Waals surface area contributed by atoms with E-state index in [-0.39, 0.29) is 5.91 Å². The van der Waals surface area contributed by atoms with Crippen molar-refractivity contribution >= 4 is 11.6 Å². The predicted octanol–water partition coefficient (Wildman–Crippen LogP) is 3.81. The molecule has 0 saturated carbocycles. The van der Waals surface area contributed by atoms with Gasteiger partial charge in [-0.1, -0.05) is 12.2 Å². The van der Waals surface area contributed by atoms with E-state index in [0.29, 0.717) is 38.0 Å². The van der Waals surface area contributed by atoms with Gasteiger partial charge in [-0.25, -0.2) is 4.98 Å².